The SMILES string of the molecule is C#CC(CC)(CC)NC(=O)CSc1nnc(Nc2cccc(F)c2)s1. The Hall–Kier alpha value is -2.11. The lowest BCUT2D eigenvalue weighted by Gasteiger charge is -2.26. The highest BCUT2D eigenvalue weighted by atomic mass is 32.2. The minimum Gasteiger partial charge on any atom is -0.339 e. The summed E-state index contributed by atoms with van der Waals surface area (Å²) in [6.07, 6.45) is 6.90. The number of carbonyl (C=O) groups excluding carboxylic acids is 1. The zero-order valence-corrected chi connectivity index (χ0v) is 15.6. The number of anilines is 2. The number of benzene rings is 1. The van der Waals surface area contributed by atoms with E-state index in [-0.39, 0.29) is 17.5 Å². The predicted octanol–water partition coefficient (Wildman–Crippen LogP) is 3.82. The summed E-state index contributed by atoms with van der Waals surface area (Å²) in [7, 11) is 0. The van der Waals surface area contributed by atoms with E-state index in [4.69, 9.17) is 6.42 Å². The summed E-state index contributed by atoms with van der Waals surface area (Å²) in [5, 5.41) is 14.4. The minimum atomic E-state index is -0.594. The molecule has 5 nitrogen and oxygen atoms in total. The highest BCUT2D eigenvalue weighted by molar-refractivity contribution is 8.01. The molecule has 25 heavy (non-hydrogen) atoms. The van der Waals surface area contributed by atoms with Gasteiger partial charge in [-0.05, 0) is 31.0 Å². The molecule has 0 saturated carbocycles. The zero-order chi connectivity index (χ0) is 18.3. The van der Waals surface area contributed by atoms with Crippen LogP contribution >= 0.6 is 23.1 Å². The quantitative estimate of drug-likeness (QED) is 0.540. The summed E-state index contributed by atoms with van der Waals surface area (Å²) in [5.74, 6) is 2.41. The molecule has 0 bridgehead atoms. The zero-order valence-electron chi connectivity index (χ0n) is 14.0. The van der Waals surface area contributed by atoms with Gasteiger partial charge in [-0.1, -0.05) is 48.9 Å². The van der Waals surface area contributed by atoms with Crippen molar-refractivity contribution in [3.63, 3.8) is 0 Å². The summed E-state index contributed by atoms with van der Waals surface area (Å²) in [5.41, 5.74) is -0.00165. The maximum absolute atomic E-state index is 13.2. The van der Waals surface area contributed by atoms with Crippen molar-refractivity contribution < 1.29 is 9.18 Å². The number of nitrogens with zero attached hydrogens (tertiary/aromatic N) is 2. The highest BCUT2D eigenvalue weighted by Crippen LogP contribution is 2.28. The van der Waals surface area contributed by atoms with E-state index < -0.39 is 5.54 Å². The van der Waals surface area contributed by atoms with E-state index in [1.54, 1.807) is 12.1 Å². The van der Waals surface area contributed by atoms with Gasteiger partial charge < -0.3 is 10.6 Å². The number of thioether (sulfide) groups is 1. The molecule has 1 heterocycles. The average molecular weight is 378 g/mol. The van der Waals surface area contributed by atoms with Crippen LogP contribution in [0.15, 0.2) is 28.6 Å². The lowest BCUT2D eigenvalue weighted by atomic mass is 9.94. The molecule has 0 unspecified atom stereocenters. The van der Waals surface area contributed by atoms with Gasteiger partial charge in [-0.25, -0.2) is 4.39 Å². The lowest BCUT2D eigenvalue weighted by molar-refractivity contribution is -0.119. The fraction of sp³-hybridized carbons (Fsp3) is 0.353. The van der Waals surface area contributed by atoms with Crippen LogP contribution < -0.4 is 10.6 Å². The summed E-state index contributed by atoms with van der Waals surface area (Å²) in [6.45, 7) is 3.90. The Balaban J connectivity index is 1.89. The molecule has 0 fully saturated rings. The second-order valence-corrected chi connectivity index (χ2v) is 7.48. The average Bonchev–Trinajstić information content (AvgIpc) is 3.05. The molecule has 0 atom stereocenters. The predicted molar refractivity (Wildman–Crippen MR) is 101 cm³/mol. The van der Waals surface area contributed by atoms with Gasteiger partial charge in [0.15, 0.2) is 4.34 Å². The third kappa shape index (κ3) is 5.44. The minimum absolute atomic E-state index is 0.138. The van der Waals surface area contributed by atoms with E-state index in [0.29, 0.717) is 28.0 Å². The van der Waals surface area contributed by atoms with Crippen LogP contribution in [0.1, 0.15) is 26.7 Å². The summed E-state index contributed by atoms with van der Waals surface area (Å²) in [6, 6.07) is 6.09. The van der Waals surface area contributed by atoms with Crippen LogP contribution in [0.2, 0.25) is 0 Å². The topological polar surface area (TPSA) is 66.9 Å². The smallest absolute Gasteiger partial charge is 0.231 e. The Morgan fingerprint density at radius 1 is 1.40 bits per heavy atom. The van der Waals surface area contributed by atoms with Gasteiger partial charge in [-0.2, -0.15) is 0 Å². The monoisotopic (exact) mass is 378 g/mol. The molecule has 132 valence electrons. The number of terminal acetylenes is 1. The van der Waals surface area contributed by atoms with Crippen molar-refractivity contribution in [3.8, 4) is 12.3 Å². The maximum Gasteiger partial charge on any atom is 0.231 e. The van der Waals surface area contributed by atoms with E-state index in [9.17, 15) is 9.18 Å². The summed E-state index contributed by atoms with van der Waals surface area (Å²) in [4.78, 5) is 12.1. The van der Waals surface area contributed by atoms with Crippen LogP contribution in [0.25, 0.3) is 0 Å². The fourth-order valence-electron chi connectivity index (χ4n) is 2.11. The second-order valence-electron chi connectivity index (χ2n) is 5.28. The normalized spacial score (nSPS) is 11.0. The first-order valence-corrected chi connectivity index (χ1v) is 9.58. The standard InChI is InChI=1S/C17H19FN4OS2/c1-4-17(5-2,6-3)20-14(23)11-24-16-22-21-15(25-16)19-13-9-7-8-12(18)10-13/h1,7-10H,5-6,11H2,2-3H3,(H,19,21)(H,20,23). The Morgan fingerprint density at radius 3 is 2.80 bits per heavy atom. The number of carbonyl (C=O) groups is 1. The van der Waals surface area contributed by atoms with Gasteiger partial charge in [0.25, 0.3) is 0 Å². The molecule has 8 heteroatoms. The molecule has 1 aromatic heterocycles. The molecular weight excluding hydrogens is 359 g/mol. The van der Waals surface area contributed by atoms with Crippen LogP contribution in [0.4, 0.5) is 15.2 Å². The number of hydrogen-bond donors (Lipinski definition) is 2. The van der Waals surface area contributed by atoms with Crippen molar-refractivity contribution >= 4 is 39.8 Å². The Morgan fingerprint density at radius 2 is 2.16 bits per heavy atom. The van der Waals surface area contributed by atoms with Gasteiger partial charge in [0.05, 0.1) is 5.75 Å². The molecule has 0 spiro atoms. The third-order valence-corrected chi connectivity index (χ3v) is 5.64. The molecule has 2 N–H and O–H groups in total. The van der Waals surface area contributed by atoms with E-state index in [2.05, 4.69) is 26.8 Å². The van der Waals surface area contributed by atoms with Crippen molar-refractivity contribution in [3.05, 3.63) is 30.1 Å². The number of halogens is 1. The molecule has 0 aliphatic carbocycles. The molecule has 1 aromatic carbocycles. The van der Waals surface area contributed by atoms with Crippen molar-refractivity contribution in [2.75, 3.05) is 11.1 Å². The first kappa shape index (κ1) is 19.2. The van der Waals surface area contributed by atoms with Gasteiger partial charge in [0.2, 0.25) is 11.0 Å². The van der Waals surface area contributed by atoms with Gasteiger partial charge in [-0.15, -0.1) is 16.6 Å². The largest absolute Gasteiger partial charge is 0.339 e. The highest BCUT2D eigenvalue weighted by Gasteiger charge is 2.25. The molecule has 0 aliphatic heterocycles. The molecular formula is C17H19FN4OS2. The van der Waals surface area contributed by atoms with E-state index in [1.165, 1.54) is 35.2 Å². The fourth-order valence-corrected chi connectivity index (χ4v) is 3.68. The van der Waals surface area contributed by atoms with E-state index >= 15 is 0 Å². The van der Waals surface area contributed by atoms with Crippen LogP contribution in [-0.4, -0.2) is 27.4 Å². The first-order valence-electron chi connectivity index (χ1n) is 7.78. The Bertz CT molecular complexity index is 768. The number of aromatic nitrogens is 2. The summed E-state index contributed by atoms with van der Waals surface area (Å²) < 4.78 is 13.8. The van der Waals surface area contributed by atoms with Crippen molar-refractivity contribution in [2.45, 2.75) is 36.6 Å². The lowest BCUT2D eigenvalue weighted by Crippen LogP contribution is -2.47. The van der Waals surface area contributed by atoms with Crippen molar-refractivity contribution in [1.29, 1.82) is 0 Å². The van der Waals surface area contributed by atoms with E-state index in [0.717, 1.165) is 0 Å². The number of rotatable bonds is 8. The summed E-state index contributed by atoms with van der Waals surface area (Å²) >= 11 is 2.58. The number of hydrogen-bond acceptors (Lipinski definition) is 6. The number of amides is 1. The Kier molecular flexibility index (Phi) is 6.79. The molecule has 0 saturated heterocycles. The van der Waals surface area contributed by atoms with Gasteiger partial charge in [-0.3, -0.25) is 4.79 Å². The second kappa shape index (κ2) is 8.83. The van der Waals surface area contributed by atoms with Gasteiger partial charge in [0.1, 0.15) is 11.4 Å². The van der Waals surface area contributed by atoms with E-state index in [1.807, 2.05) is 13.8 Å². The van der Waals surface area contributed by atoms with Crippen LogP contribution in [0.3, 0.4) is 0 Å². The first-order chi connectivity index (χ1) is 12.0. The molecule has 2 rings (SSSR count). The molecule has 0 aliphatic rings. The molecule has 2 aromatic rings. The molecule has 1 amide bonds. The van der Waals surface area contributed by atoms with Gasteiger partial charge >= 0.3 is 0 Å². The van der Waals surface area contributed by atoms with Gasteiger partial charge in [0, 0.05) is 5.69 Å². The van der Waals surface area contributed by atoms with Crippen LogP contribution in [0, 0.1) is 18.2 Å². The molecule has 0 radical (unpaired) electrons. The van der Waals surface area contributed by atoms with Crippen molar-refractivity contribution in [2.24, 2.45) is 0 Å². The van der Waals surface area contributed by atoms with Crippen LogP contribution in [-0.2, 0) is 4.79 Å². The third-order valence-electron chi connectivity index (χ3n) is 3.67. The number of nitrogens with one attached hydrogen (secondary N) is 2. The van der Waals surface area contributed by atoms with Crippen LogP contribution in [0.5, 0.6) is 0 Å². The Labute approximate surface area is 154 Å². The maximum atomic E-state index is 13.2. The van der Waals surface area contributed by atoms with Crippen molar-refractivity contribution in [1.82, 2.24) is 15.5 Å².